The first-order valence-electron chi connectivity index (χ1n) is 27.8. The van der Waals surface area contributed by atoms with Gasteiger partial charge in [0, 0.05) is 19.4 Å². The third kappa shape index (κ3) is 52.2. The zero-order chi connectivity index (χ0) is 46.3. The van der Waals surface area contributed by atoms with E-state index in [0.717, 1.165) is 70.6 Å². The van der Waals surface area contributed by atoms with Gasteiger partial charge < -0.3 is 14.2 Å². The molecule has 0 bridgehead atoms. The average Bonchev–Trinajstić information content (AvgIpc) is 3.30. The molecule has 0 aromatic heterocycles. The van der Waals surface area contributed by atoms with Crippen LogP contribution in [0.2, 0.25) is 0 Å². The lowest BCUT2D eigenvalue weighted by molar-refractivity contribution is -0.162. The number of carbonyl (C=O) groups excluding carboxylic acids is 2. The molecule has 0 heterocycles. The van der Waals surface area contributed by atoms with E-state index in [4.69, 9.17) is 14.2 Å². The lowest BCUT2D eigenvalue weighted by atomic mass is 10.0. The van der Waals surface area contributed by atoms with Crippen molar-refractivity contribution >= 4 is 11.9 Å². The van der Waals surface area contributed by atoms with Crippen LogP contribution in [0.1, 0.15) is 278 Å². The van der Waals surface area contributed by atoms with Crippen molar-refractivity contribution in [2.75, 3.05) is 19.8 Å². The molecule has 372 valence electrons. The van der Waals surface area contributed by atoms with E-state index in [0.29, 0.717) is 19.4 Å². The zero-order valence-electron chi connectivity index (χ0n) is 42.8. The van der Waals surface area contributed by atoms with Crippen molar-refractivity contribution < 1.29 is 23.8 Å². The van der Waals surface area contributed by atoms with Gasteiger partial charge in [-0.05, 0) is 57.8 Å². The Morgan fingerprint density at radius 1 is 0.359 bits per heavy atom. The van der Waals surface area contributed by atoms with Crippen molar-refractivity contribution in [3.63, 3.8) is 0 Å². The molecule has 0 aromatic rings. The molecule has 0 N–H and O–H groups in total. The Bertz CT molecular complexity index is 1100. The summed E-state index contributed by atoms with van der Waals surface area (Å²) in [5, 5.41) is 0. The fraction of sp³-hybridized carbons (Fsp3) is 0.797. The van der Waals surface area contributed by atoms with Crippen molar-refractivity contribution in [1.82, 2.24) is 0 Å². The Labute approximate surface area is 398 Å². The van der Waals surface area contributed by atoms with Crippen LogP contribution in [-0.4, -0.2) is 37.9 Å². The molecule has 5 nitrogen and oxygen atoms in total. The van der Waals surface area contributed by atoms with E-state index in [2.05, 4.69) is 81.5 Å². The van der Waals surface area contributed by atoms with Gasteiger partial charge in [0.2, 0.25) is 0 Å². The van der Waals surface area contributed by atoms with Gasteiger partial charge >= 0.3 is 11.9 Å². The number of hydrogen-bond donors (Lipinski definition) is 0. The van der Waals surface area contributed by atoms with Crippen molar-refractivity contribution in [2.24, 2.45) is 0 Å². The Morgan fingerprint density at radius 2 is 0.703 bits per heavy atom. The molecule has 0 saturated carbocycles. The number of hydrogen-bond acceptors (Lipinski definition) is 5. The lowest BCUT2D eigenvalue weighted by Gasteiger charge is -2.18. The summed E-state index contributed by atoms with van der Waals surface area (Å²) in [4.78, 5) is 25.4. The van der Waals surface area contributed by atoms with E-state index in [-0.39, 0.29) is 25.2 Å². The van der Waals surface area contributed by atoms with Crippen LogP contribution in [0.4, 0.5) is 0 Å². The number of ether oxygens (including phenoxy) is 3. The molecule has 0 aromatic carbocycles. The normalized spacial score (nSPS) is 12.6. The van der Waals surface area contributed by atoms with Crippen LogP contribution >= 0.6 is 0 Å². The quantitative estimate of drug-likeness (QED) is 0.0346. The Balaban J connectivity index is 4.33. The summed E-state index contributed by atoms with van der Waals surface area (Å²) in [6.07, 6.45) is 69.6. The highest BCUT2D eigenvalue weighted by Crippen LogP contribution is 2.16. The lowest BCUT2D eigenvalue weighted by Crippen LogP contribution is -2.30. The molecule has 0 fully saturated rings. The summed E-state index contributed by atoms with van der Waals surface area (Å²) in [5.41, 5.74) is 0. The maximum atomic E-state index is 12.8. The van der Waals surface area contributed by atoms with Gasteiger partial charge in [0.15, 0.2) is 6.10 Å². The van der Waals surface area contributed by atoms with Gasteiger partial charge in [0.25, 0.3) is 0 Å². The van der Waals surface area contributed by atoms with Crippen molar-refractivity contribution in [3.8, 4) is 0 Å². The molecule has 0 spiro atoms. The number of unbranched alkanes of at least 4 members (excludes halogenated alkanes) is 30. The van der Waals surface area contributed by atoms with Gasteiger partial charge in [0.05, 0.1) is 6.61 Å². The van der Waals surface area contributed by atoms with Gasteiger partial charge in [0.1, 0.15) is 6.61 Å². The topological polar surface area (TPSA) is 61.8 Å². The van der Waals surface area contributed by atoms with E-state index in [1.807, 2.05) is 0 Å². The second-order valence-electron chi connectivity index (χ2n) is 18.5. The summed E-state index contributed by atoms with van der Waals surface area (Å²) in [7, 11) is 0. The molecule has 0 radical (unpaired) electrons. The van der Waals surface area contributed by atoms with E-state index in [9.17, 15) is 9.59 Å². The third-order valence-corrected chi connectivity index (χ3v) is 12.1. The molecule has 0 aliphatic rings. The zero-order valence-corrected chi connectivity index (χ0v) is 42.8. The predicted octanol–water partition coefficient (Wildman–Crippen LogP) is 18.9. The Kier molecular flexibility index (Phi) is 52.9. The minimum absolute atomic E-state index is 0.0665. The Morgan fingerprint density at radius 3 is 1.11 bits per heavy atom. The summed E-state index contributed by atoms with van der Waals surface area (Å²) in [6.45, 7) is 7.70. The first-order chi connectivity index (χ1) is 31.6. The van der Waals surface area contributed by atoms with Crippen LogP contribution in [-0.2, 0) is 23.8 Å². The molecule has 0 aliphatic carbocycles. The van der Waals surface area contributed by atoms with Crippen LogP contribution in [0.15, 0.2) is 60.8 Å². The first-order valence-corrected chi connectivity index (χ1v) is 27.8. The van der Waals surface area contributed by atoms with Crippen LogP contribution < -0.4 is 0 Å². The highest BCUT2D eigenvalue weighted by molar-refractivity contribution is 5.70. The predicted molar refractivity (Wildman–Crippen MR) is 279 cm³/mol. The number of carbonyl (C=O) groups is 2. The maximum Gasteiger partial charge on any atom is 0.306 e. The number of esters is 2. The van der Waals surface area contributed by atoms with Crippen LogP contribution in [0.5, 0.6) is 0 Å². The molecule has 5 heteroatoms. The van der Waals surface area contributed by atoms with Crippen LogP contribution in [0.25, 0.3) is 0 Å². The molecule has 0 aliphatic heterocycles. The second kappa shape index (κ2) is 54.9. The molecule has 0 saturated heterocycles. The van der Waals surface area contributed by atoms with Gasteiger partial charge in [-0.15, -0.1) is 0 Å². The first kappa shape index (κ1) is 61.6. The highest BCUT2D eigenvalue weighted by atomic mass is 16.6. The molecule has 1 atom stereocenters. The largest absolute Gasteiger partial charge is 0.462 e. The summed E-state index contributed by atoms with van der Waals surface area (Å²) in [6, 6.07) is 0. The second-order valence-corrected chi connectivity index (χ2v) is 18.5. The number of allylic oxidation sites excluding steroid dienone is 10. The van der Waals surface area contributed by atoms with Crippen LogP contribution in [0.3, 0.4) is 0 Å². The van der Waals surface area contributed by atoms with Gasteiger partial charge in [-0.25, -0.2) is 0 Å². The van der Waals surface area contributed by atoms with Crippen LogP contribution in [0, 0.1) is 0 Å². The van der Waals surface area contributed by atoms with Crippen molar-refractivity contribution in [3.05, 3.63) is 60.8 Å². The standard InChI is InChI=1S/C59H106O5/c1-4-7-10-13-16-19-22-25-28-30-32-35-38-41-44-47-50-53-59(61)64-57(55-62-54-51-48-45-42-39-36-33-29-26-23-20-17-14-11-8-5-2)56-63-58(60)52-49-46-43-40-37-34-31-27-24-21-18-15-12-9-6-3/h7,10,16,19,25,28,32,35,41,44,57H,4-6,8-9,11-15,17-18,20-24,26-27,29-31,33-34,36-40,42-43,45-56H2,1-3H3/b10-7-,19-16-,28-25-,35-32-,44-41-/t57-/m1/s1. The van der Waals surface area contributed by atoms with Crippen molar-refractivity contribution in [1.29, 1.82) is 0 Å². The summed E-state index contributed by atoms with van der Waals surface area (Å²) < 4.78 is 17.4. The molecule has 0 unspecified atom stereocenters. The average molecular weight is 895 g/mol. The van der Waals surface area contributed by atoms with Gasteiger partial charge in [-0.1, -0.05) is 268 Å². The molecular weight excluding hydrogens is 789 g/mol. The third-order valence-electron chi connectivity index (χ3n) is 12.1. The fourth-order valence-electron chi connectivity index (χ4n) is 7.96. The molecule has 64 heavy (non-hydrogen) atoms. The fourth-order valence-corrected chi connectivity index (χ4v) is 7.96. The molecule has 0 amide bonds. The van der Waals surface area contributed by atoms with E-state index < -0.39 is 6.10 Å². The Hall–Kier alpha value is -2.40. The smallest absolute Gasteiger partial charge is 0.306 e. The SMILES string of the molecule is CC/C=C\C/C=C\C/C=C\C/C=C\C/C=C\CCCC(=O)O[C@H](COCCCCCCCCCCCCCCCCCC)COC(=O)CCCCCCCCCCCCCCCCC. The monoisotopic (exact) mass is 895 g/mol. The minimum Gasteiger partial charge on any atom is -0.462 e. The van der Waals surface area contributed by atoms with Crippen molar-refractivity contribution in [2.45, 2.75) is 284 Å². The highest BCUT2D eigenvalue weighted by Gasteiger charge is 2.17. The molecule has 0 rings (SSSR count). The van der Waals surface area contributed by atoms with E-state index in [1.54, 1.807) is 0 Å². The van der Waals surface area contributed by atoms with Gasteiger partial charge in [-0.2, -0.15) is 0 Å². The minimum atomic E-state index is -0.563. The maximum absolute atomic E-state index is 12.8. The molecular formula is C59H106O5. The summed E-state index contributed by atoms with van der Waals surface area (Å²) >= 11 is 0. The summed E-state index contributed by atoms with van der Waals surface area (Å²) in [5.74, 6) is -0.450. The van der Waals surface area contributed by atoms with E-state index in [1.165, 1.54) is 173 Å². The van der Waals surface area contributed by atoms with E-state index >= 15 is 0 Å². The van der Waals surface area contributed by atoms with Gasteiger partial charge in [-0.3, -0.25) is 9.59 Å². The number of rotatable bonds is 51.